The second-order valence-electron chi connectivity index (χ2n) is 4.77. The van der Waals surface area contributed by atoms with Gasteiger partial charge in [-0.05, 0) is 13.0 Å². The average molecular weight is 307 g/mol. The number of rotatable bonds is 4. The van der Waals surface area contributed by atoms with E-state index in [9.17, 15) is 8.78 Å². The van der Waals surface area contributed by atoms with Crippen molar-refractivity contribution in [3.63, 3.8) is 0 Å². The Morgan fingerprint density at radius 1 is 1.29 bits per heavy atom. The molecule has 0 saturated heterocycles. The molecule has 21 heavy (non-hydrogen) atoms. The van der Waals surface area contributed by atoms with E-state index >= 15 is 0 Å². The summed E-state index contributed by atoms with van der Waals surface area (Å²) in [6, 6.07) is 6.27. The van der Waals surface area contributed by atoms with E-state index in [2.05, 4.69) is 15.3 Å². The van der Waals surface area contributed by atoms with Crippen molar-refractivity contribution in [2.75, 3.05) is 11.9 Å². The van der Waals surface area contributed by atoms with Crippen LogP contribution < -0.4 is 5.32 Å². The van der Waals surface area contributed by atoms with Gasteiger partial charge in [0.05, 0.1) is 5.69 Å². The first kappa shape index (κ1) is 14.3. The number of halogens is 2. The maximum atomic E-state index is 12.8. The van der Waals surface area contributed by atoms with Crippen LogP contribution in [0.2, 0.25) is 0 Å². The molecule has 1 aromatic carbocycles. The summed E-state index contributed by atoms with van der Waals surface area (Å²) in [6.45, 7) is 2.78. The van der Waals surface area contributed by atoms with Crippen LogP contribution in [0.4, 0.5) is 14.6 Å². The van der Waals surface area contributed by atoms with Crippen LogP contribution in [0.1, 0.15) is 30.2 Å². The number of thioether (sulfide) groups is 1. The zero-order chi connectivity index (χ0) is 14.8. The lowest BCUT2D eigenvalue weighted by molar-refractivity contribution is 0.151. The van der Waals surface area contributed by atoms with E-state index in [1.807, 2.05) is 6.92 Å². The monoisotopic (exact) mass is 307 g/mol. The second-order valence-corrected chi connectivity index (χ2v) is 5.76. The maximum absolute atomic E-state index is 12.8. The standard InChI is InChI=1S/C15H15F2N3S/c1-2-18-15-11-7-21-8-12(11)19-14(20-15)10-5-3-4-9(6-10)13(16)17/h3-6,13H,2,7-8H2,1H3,(H,18,19,20). The van der Waals surface area contributed by atoms with Crippen LogP contribution in [-0.2, 0) is 11.5 Å². The van der Waals surface area contributed by atoms with Crippen molar-refractivity contribution in [2.45, 2.75) is 24.9 Å². The van der Waals surface area contributed by atoms with Gasteiger partial charge >= 0.3 is 0 Å². The molecule has 0 atom stereocenters. The molecule has 110 valence electrons. The van der Waals surface area contributed by atoms with Crippen molar-refractivity contribution in [2.24, 2.45) is 0 Å². The summed E-state index contributed by atoms with van der Waals surface area (Å²) in [5.41, 5.74) is 2.77. The number of benzene rings is 1. The van der Waals surface area contributed by atoms with Gasteiger partial charge in [-0.2, -0.15) is 11.8 Å². The van der Waals surface area contributed by atoms with Crippen LogP contribution in [0, 0.1) is 0 Å². The third kappa shape index (κ3) is 2.85. The average Bonchev–Trinajstić information content (AvgIpc) is 2.96. The number of nitrogens with one attached hydrogen (secondary N) is 1. The van der Waals surface area contributed by atoms with Gasteiger partial charge in [0.15, 0.2) is 5.82 Å². The predicted octanol–water partition coefficient (Wildman–Crippen LogP) is 4.26. The Balaban J connectivity index is 2.06. The van der Waals surface area contributed by atoms with Crippen LogP contribution in [0.3, 0.4) is 0 Å². The summed E-state index contributed by atoms with van der Waals surface area (Å²) < 4.78 is 25.7. The van der Waals surface area contributed by atoms with Crippen LogP contribution >= 0.6 is 11.8 Å². The van der Waals surface area contributed by atoms with E-state index < -0.39 is 6.43 Å². The Labute approximate surface area is 126 Å². The van der Waals surface area contributed by atoms with Crippen molar-refractivity contribution >= 4 is 17.6 Å². The number of nitrogens with zero attached hydrogens (tertiary/aromatic N) is 2. The van der Waals surface area contributed by atoms with Gasteiger partial charge in [-0.15, -0.1) is 0 Å². The summed E-state index contributed by atoms with van der Waals surface area (Å²) in [5.74, 6) is 3.08. The predicted molar refractivity (Wildman–Crippen MR) is 81.6 cm³/mol. The molecule has 1 aliphatic rings. The molecule has 0 fully saturated rings. The molecule has 0 radical (unpaired) electrons. The fraction of sp³-hybridized carbons (Fsp3) is 0.333. The van der Waals surface area contributed by atoms with Crippen molar-refractivity contribution < 1.29 is 8.78 Å². The molecular formula is C15H15F2N3S. The molecule has 1 N–H and O–H groups in total. The number of anilines is 1. The van der Waals surface area contributed by atoms with Gasteiger partial charge in [0.1, 0.15) is 5.82 Å². The van der Waals surface area contributed by atoms with Gasteiger partial charge in [-0.3, -0.25) is 0 Å². The fourth-order valence-electron chi connectivity index (χ4n) is 2.31. The minimum absolute atomic E-state index is 0.00373. The highest BCUT2D eigenvalue weighted by atomic mass is 32.2. The van der Waals surface area contributed by atoms with Crippen LogP contribution in [-0.4, -0.2) is 16.5 Å². The number of alkyl halides is 2. The first-order valence-corrected chi connectivity index (χ1v) is 7.94. The molecule has 0 spiro atoms. The van der Waals surface area contributed by atoms with E-state index in [1.165, 1.54) is 12.1 Å². The summed E-state index contributed by atoms with van der Waals surface area (Å²) in [6.07, 6.45) is -2.48. The normalized spacial score (nSPS) is 13.5. The van der Waals surface area contributed by atoms with E-state index in [0.717, 1.165) is 35.1 Å². The largest absolute Gasteiger partial charge is 0.370 e. The van der Waals surface area contributed by atoms with Gasteiger partial charge in [-0.25, -0.2) is 18.7 Å². The maximum Gasteiger partial charge on any atom is 0.263 e. The third-order valence-corrected chi connectivity index (χ3v) is 4.29. The molecule has 2 aromatic rings. The first-order valence-electron chi connectivity index (χ1n) is 6.79. The Bertz CT molecular complexity index is 661. The fourth-order valence-corrected chi connectivity index (χ4v) is 3.35. The van der Waals surface area contributed by atoms with Gasteiger partial charge in [0.2, 0.25) is 0 Å². The zero-order valence-corrected chi connectivity index (χ0v) is 12.4. The van der Waals surface area contributed by atoms with Gasteiger partial charge in [0, 0.05) is 34.7 Å². The summed E-state index contributed by atoms with van der Waals surface area (Å²) in [5, 5.41) is 3.24. The minimum atomic E-state index is -2.48. The molecule has 0 bridgehead atoms. The Hall–Kier alpha value is -1.69. The van der Waals surface area contributed by atoms with Gasteiger partial charge in [0.25, 0.3) is 6.43 Å². The van der Waals surface area contributed by atoms with E-state index in [-0.39, 0.29) is 5.56 Å². The highest BCUT2D eigenvalue weighted by molar-refractivity contribution is 7.98. The van der Waals surface area contributed by atoms with Gasteiger partial charge < -0.3 is 5.32 Å². The molecule has 1 aliphatic heterocycles. The van der Waals surface area contributed by atoms with E-state index in [1.54, 1.807) is 23.9 Å². The number of aromatic nitrogens is 2. The first-order chi connectivity index (χ1) is 10.2. The molecule has 0 amide bonds. The molecule has 0 unspecified atom stereocenters. The second kappa shape index (κ2) is 5.97. The topological polar surface area (TPSA) is 37.8 Å². The lowest BCUT2D eigenvalue weighted by Crippen LogP contribution is -2.06. The molecule has 1 aromatic heterocycles. The highest BCUT2D eigenvalue weighted by Crippen LogP contribution is 2.34. The van der Waals surface area contributed by atoms with Crippen molar-refractivity contribution in [1.29, 1.82) is 0 Å². The number of fused-ring (bicyclic) bond motifs is 1. The van der Waals surface area contributed by atoms with Crippen molar-refractivity contribution in [3.05, 3.63) is 41.1 Å². The Kier molecular flexibility index (Phi) is 4.05. The van der Waals surface area contributed by atoms with Crippen molar-refractivity contribution in [3.8, 4) is 11.4 Å². The lowest BCUT2D eigenvalue weighted by Gasteiger charge is -2.11. The van der Waals surface area contributed by atoms with Crippen LogP contribution in [0.15, 0.2) is 24.3 Å². The van der Waals surface area contributed by atoms with E-state index in [4.69, 9.17) is 0 Å². The number of hydrogen-bond acceptors (Lipinski definition) is 4. The van der Waals surface area contributed by atoms with Crippen LogP contribution in [0.25, 0.3) is 11.4 Å². The molecule has 0 aliphatic carbocycles. The van der Waals surface area contributed by atoms with E-state index in [0.29, 0.717) is 11.4 Å². The summed E-state index contributed by atoms with van der Waals surface area (Å²) >= 11 is 1.79. The van der Waals surface area contributed by atoms with Crippen molar-refractivity contribution in [1.82, 2.24) is 9.97 Å². The van der Waals surface area contributed by atoms with Crippen LogP contribution in [0.5, 0.6) is 0 Å². The molecule has 3 rings (SSSR count). The zero-order valence-electron chi connectivity index (χ0n) is 11.6. The molecule has 2 heterocycles. The molecule has 6 heteroatoms. The molecule has 3 nitrogen and oxygen atoms in total. The highest BCUT2D eigenvalue weighted by Gasteiger charge is 2.20. The lowest BCUT2D eigenvalue weighted by atomic mass is 10.1. The molecular weight excluding hydrogens is 292 g/mol. The summed E-state index contributed by atoms with van der Waals surface area (Å²) in [7, 11) is 0. The number of hydrogen-bond donors (Lipinski definition) is 1. The smallest absolute Gasteiger partial charge is 0.263 e. The molecule has 0 saturated carbocycles. The Morgan fingerprint density at radius 3 is 2.90 bits per heavy atom. The quantitative estimate of drug-likeness (QED) is 0.916. The third-order valence-electron chi connectivity index (χ3n) is 3.32. The summed E-state index contributed by atoms with van der Waals surface area (Å²) in [4.78, 5) is 9.07. The van der Waals surface area contributed by atoms with Gasteiger partial charge in [-0.1, -0.05) is 18.2 Å². The minimum Gasteiger partial charge on any atom is -0.370 e. The Morgan fingerprint density at radius 2 is 2.14 bits per heavy atom. The SMILES string of the molecule is CCNc1nc(-c2cccc(C(F)F)c2)nc2c1CSC2.